The highest BCUT2D eigenvalue weighted by atomic mass is 79.9. The van der Waals surface area contributed by atoms with Gasteiger partial charge in [0.2, 0.25) is 5.91 Å². The molecule has 0 aliphatic carbocycles. The van der Waals surface area contributed by atoms with Crippen molar-refractivity contribution < 1.29 is 19.1 Å². The van der Waals surface area contributed by atoms with Crippen molar-refractivity contribution in [2.45, 2.75) is 26.7 Å². The van der Waals surface area contributed by atoms with Crippen LogP contribution in [0.15, 0.2) is 21.2 Å². The monoisotopic (exact) mass is 360 g/mol. The summed E-state index contributed by atoms with van der Waals surface area (Å²) in [6, 6.07) is 3.12. The van der Waals surface area contributed by atoms with E-state index in [1.165, 1.54) is 6.07 Å². The predicted molar refractivity (Wildman–Crippen MR) is 81.9 cm³/mol. The quantitative estimate of drug-likeness (QED) is 0.657. The first-order valence-electron chi connectivity index (χ1n) is 6.87. The van der Waals surface area contributed by atoms with E-state index in [9.17, 15) is 14.7 Å². The molecule has 0 fully saturated rings. The van der Waals surface area contributed by atoms with Crippen molar-refractivity contribution in [3.63, 3.8) is 0 Å². The molecule has 0 atom stereocenters. The van der Waals surface area contributed by atoms with E-state index in [-0.39, 0.29) is 30.2 Å². The second kappa shape index (κ2) is 8.19. The molecule has 2 amide bonds. The van der Waals surface area contributed by atoms with Gasteiger partial charge in [-0.05, 0) is 40.9 Å². The number of rotatable bonds is 8. The molecule has 0 aliphatic heterocycles. The summed E-state index contributed by atoms with van der Waals surface area (Å²) in [7, 11) is 0. The summed E-state index contributed by atoms with van der Waals surface area (Å²) in [5.41, 5.74) is -0.300. The minimum absolute atomic E-state index is 0.0209. The molecule has 1 heterocycles. The molecule has 118 valence electrons. The van der Waals surface area contributed by atoms with Gasteiger partial charge >= 0.3 is 0 Å². The number of aliphatic hydroxyl groups excluding tert-OH is 1. The number of amides is 2. The zero-order chi connectivity index (χ0) is 15.9. The maximum atomic E-state index is 11.7. The van der Waals surface area contributed by atoms with Gasteiger partial charge < -0.3 is 20.2 Å². The van der Waals surface area contributed by atoms with Gasteiger partial charge in [0.1, 0.15) is 0 Å². The van der Waals surface area contributed by atoms with Crippen LogP contribution >= 0.6 is 15.9 Å². The standard InChI is InChI=1S/C14H21BrN2O4/c1-3-14(4-2,9-18)8-17-12(19)7-16-13(20)10-5-6-11(15)21-10/h5-6,18H,3-4,7-9H2,1-2H3,(H,16,20)(H,17,19). The molecular formula is C14H21BrN2O4. The van der Waals surface area contributed by atoms with E-state index in [0.29, 0.717) is 11.2 Å². The summed E-state index contributed by atoms with van der Waals surface area (Å²) in [5, 5.41) is 14.6. The van der Waals surface area contributed by atoms with Crippen LogP contribution in [-0.2, 0) is 4.79 Å². The van der Waals surface area contributed by atoms with E-state index >= 15 is 0 Å². The molecule has 3 N–H and O–H groups in total. The van der Waals surface area contributed by atoms with Gasteiger partial charge in [-0.2, -0.15) is 0 Å². The third-order valence-electron chi connectivity index (χ3n) is 3.70. The molecule has 0 aliphatic rings. The molecule has 0 radical (unpaired) electrons. The number of carbonyl (C=O) groups is 2. The van der Waals surface area contributed by atoms with Crippen LogP contribution in [0.3, 0.4) is 0 Å². The third kappa shape index (κ3) is 5.17. The van der Waals surface area contributed by atoms with Crippen molar-refractivity contribution in [1.29, 1.82) is 0 Å². The number of furan rings is 1. The van der Waals surface area contributed by atoms with Crippen molar-refractivity contribution in [1.82, 2.24) is 10.6 Å². The predicted octanol–water partition coefficient (Wildman–Crippen LogP) is 1.69. The Hall–Kier alpha value is -1.34. The van der Waals surface area contributed by atoms with E-state index in [0.717, 1.165) is 12.8 Å². The molecule has 0 saturated carbocycles. The summed E-state index contributed by atoms with van der Waals surface area (Å²) in [4.78, 5) is 23.4. The second-order valence-electron chi connectivity index (χ2n) is 4.93. The van der Waals surface area contributed by atoms with Gasteiger partial charge in [-0.25, -0.2) is 0 Å². The normalized spacial score (nSPS) is 11.2. The van der Waals surface area contributed by atoms with Crippen molar-refractivity contribution in [2.75, 3.05) is 19.7 Å². The molecule has 0 spiro atoms. The molecule has 0 bridgehead atoms. The first-order chi connectivity index (χ1) is 9.96. The summed E-state index contributed by atoms with van der Waals surface area (Å²) in [6.07, 6.45) is 1.54. The van der Waals surface area contributed by atoms with Gasteiger partial charge in [-0.15, -0.1) is 0 Å². The molecule has 0 saturated heterocycles. The summed E-state index contributed by atoms with van der Waals surface area (Å²) < 4.78 is 5.54. The van der Waals surface area contributed by atoms with Gasteiger partial charge in [-0.3, -0.25) is 9.59 Å². The smallest absolute Gasteiger partial charge is 0.287 e. The number of hydrogen-bond donors (Lipinski definition) is 3. The highest BCUT2D eigenvalue weighted by Crippen LogP contribution is 2.24. The van der Waals surface area contributed by atoms with Gasteiger partial charge in [0.05, 0.1) is 13.2 Å². The van der Waals surface area contributed by atoms with Crippen LogP contribution in [0.4, 0.5) is 0 Å². The highest BCUT2D eigenvalue weighted by molar-refractivity contribution is 9.10. The lowest BCUT2D eigenvalue weighted by molar-refractivity contribution is -0.120. The Morgan fingerprint density at radius 2 is 1.95 bits per heavy atom. The van der Waals surface area contributed by atoms with Crippen molar-refractivity contribution in [2.24, 2.45) is 5.41 Å². The van der Waals surface area contributed by atoms with Crippen LogP contribution in [0.5, 0.6) is 0 Å². The lowest BCUT2D eigenvalue weighted by Gasteiger charge is -2.29. The fourth-order valence-electron chi connectivity index (χ4n) is 1.81. The average molecular weight is 361 g/mol. The Balaban J connectivity index is 2.39. The van der Waals surface area contributed by atoms with Crippen LogP contribution in [0, 0.1) is 5.41 Å². The molecule has 1 aromatic heterocycles. The molecule has 1 rings (SSSR count). The molecule has 0 aromatic carbocycles. The lowest BCUT2D eigenvalue weighted by Crippen LogP contribution is -2.43. The van der Waals surface area contributed by atoms with Gasteiger partial charge in [0.15, 0.2) is 10.4 Å². The van der Waals surface area contributed by atoms with Crippen molar-refractivity contribution in [3.05, 3.63) is 22.6 Å². The van der Waals surface area contributed by atoms with Crippen LogP contribution in [0.2, 0.25) is 0 Å². The van der Waals surface area contributed by atoms with Crippen LogP contribution in [-0.4, -0.2) is 36.6 Å². The van der Waals surface area contributed by atoms with Crippen LogP contribution in [0.1, 0.15) is 37.2 Å². The Labute approximate surface area is 132 Å². The van der Waals surface area contributed by atoms with Gasteiger partial charge in [0, 0.05) is 12.0 Å². The topological polar surface area (TPSA) is 91.6 Å². The third-order valence-corrected chi connectivity index (χ3v) is 4.13. The fourth-order valence-corrected chi connectivity index (χ4v) is 2.12. The lowest BCUT2D eigenvalue weighted by atomic mass is 9.83. The molecule has 1 aromatic rings. The summed E-state index contributed by atoms with van der Waals surface area (Å²) in [6.45, 7) is 4.22. The van der Waals surface area contributed by atoms with E-state index < -0.39 is 5.91 Å². The molecule has 7 heteroatoms. The molecule has 6 nitrogen and oxygen atoms in total. The minimum Gasteiger partial charge on any atom is -0.444 e. The van der Waals surface area contributed by atoms with Crippen LogP contribution in [0.25, 0.3) is 0 Å². The number of aliphatic hydroxyl groups is 1. The highest BCUT2D eigenvalue weighted by Gasteiger charge is 2.25. The van der Waals surface area contributed by atoms with Crippen molar-refractivity contribution >= 4 is 27.7 Å². The molecule has 21 heavy (non-hydrogen) atoms. The Morgan fingerprint density at radius 1 is 1.29 bits per heavy atom. The van der Waals surface area contributed by atoms with E-state index in [1.807, 2.05) is 13.8 Å². The zero-order valence-electron chi connectivity index (χ0n) is 12.2. The van der Waals surface area contributed by atoms with Gasteiger partial charge in [-0.1, -0.05) is 13.8 Å². The number of carbonyl (C=O) groups excluding carboxylic acids is 2. The zero-order valence-corrected chi connectivity index (χ0v) is 13.8. The van der Waals surface area contributed by atoms with Gasteiger partial charge in [0.25, 0.3) is 5.91 Å². The Morgan fingerprint density at radius 3 is 2.43 bits per heavy atom. The van der Waals surface area contributed by atoms with E-state index in [4.69, 9.17) is 4.42 Å². The summed E-state index contributed by atoms with van der Waals surface area (Å²) >= 11 is 3.10. The SMILES string of the molecule is CCC(CC)(CO)CNC(=O)CNC(=O)c1ccc(Br)o1. The second-order valence-corrected chi connectivity index (χ2v) is 5.71. The van der Waals surface area contributed by atoms with E-state index in [1.54, 1.807) is 6.07 Å². The average Bonchev–Trinajstić information content (AvgIpc) is 2.93. The maximum absolute atomic E-state index is 11.7. The number of hydrogen-bond acceptors (Lipinski definition) is 4. The van der Waals surface area contributed by atoms with Crippen molar-refractivity contribution in [3.8, 4) is 0 Å². The van der Waals surface area contributed by atoms with E-state index in [2.05, 4.69) is 26.6 Å². The molecular weight excluding hydrogens is 340 g/mol. The Bertz CT molecular complexity index is 475. The summed E-state index contributed by atoms with van der Waals surface area (Å²) in [5.74, 6) is -0.606. The first-order valence-corrected chi connectivity index (χ1v) is 7.66. The number of nitrogens with one attached hydrogen (secondary N) is 2. The molecule has 0 unspecified atom stereocenters. The minimum atomic E-state index is -0.449. The van der Waals surface area contributed by atoms with Crippen LogP contribution < -0.4 is 10.6 Å². The Kier molecular flexibility index (Phi) is 6.91. The maximum Gasteiger partial charge on any atom is 0.287 e. The fraction of sp³-hybridized carbons (Fsp3) is 0.571. The largest absolute Gasteiger partial charge is 0.444 e. The number of halogens is 1. The first kappa shape index (κ1) is 17.7.